The molecule has 13 nitrogen and oxygen atoms in total. The first kappa shape index (κ1) is 33.0. The summed E-state index contributed by atoms with van der Waals surface area (Å²) in [5.74, 6) is -0.389. The number of unbranched alkanes of at least 4 members (excludes halogenated alkanes) is 1. The van der Waals surface area contributed by atoms with Crippen LogP contribution in [0.25, 0.3) is 10.9 Å². The van der Waals surface area contributed by atoms with Crippen molar-refractivity contribution in [1.82, 2.24) is 30.3 Å². The first-order chi connectivity index (χ1) is 22.2. The number of pyridine rings is 1. The van der Waals surface area contributed by atoms with Gasteiger partial charge in [0.25, 0.3) is 11.8 Å². The Morgan fingerprint density at radius 1 is 0.935 bits per heavy atom. The van der Waals surface area contributed by atoms with Crippen molar-refractivity contribution in [2.45, 2.75) is 58.4 Å². The molecule has 0 radical (unpaired) electrons. The van der Waals surface area contributed by atoms with E-state index in [4.69, 9.17) is 9.47 Å². The number of likely N-dealkylation sites (tertiary alicyclic amines) is 1. The number of carbonyl (C=O) groups is 5. The van der Waals surface area contributed by atoms with Crippen molar-refractivity contribution >= 4 is 40.6 Å². The summed E-state index contributed by atoms with van der Waals surface area (Å²) in [6.07, 6.45) is 4.99. The summed E-state index contributed by atoms with van der Waals surface area (Å²) in [5, 5.41) is 6.26. The molecule has 5 rings (SSSR count). The number of nitrogens with one attached hydrogen (secondary N) is 2. The lowest BCUT2D eigenvalue weighted by Crippen LogP contribution is -2.52. The molecule has 2 N–H and O–H groups in total. The fraction of sp³-hybridized carbons (Fsp3) is 0.576. The second-order valence-electron chi connectivity index (χ2n) is 12.3. The molecule has 1 aromatic carbocycles. The Hall–Kier alpha value is -4.42. The van der Waals surface area contributed by atoms with Crippen LogP contribution in [-0.2, 0) is 19.1 Å². The topological polar surface area (TPSA) is 150 Å². The summed E-state index contributed by atoms with van der Waals surface area (Å²) >= 11 is 0. The summed E-state index contributed by atoms with van der Waals surface area (Å²) in [7, 11) is 0. The molecule has 1 aromatic heterocycles. The highest BCUT2D eigenvalue weighted by molar-refractivity contribution is 5.99. The second kappa shape index (κ2) is 15.2. The number of rotatable bonds is 12. The lowest BCUT2D eigenvalue weighted by atomic mass is 10.1. The summed E-state index contributed by atoms with van der Waals surface area (Å²) in [6, 6.07) is 6.50. The van der Waals surface area contributed by atoms with Gasteiger partial charge in [-0.15, -0.1) is 0 Å². The van der Waals surface area contributed by atoms with Crippen LogP contribution in [0.3, 0.4) is 0 Å². The summed E-state index contributed by atoms with van der Waals surface area (Å²) < 4.78 is 11.2. The number of nitrogens with zero attached hydrogens (tertiary/aromatic N) is 4. The Morgan fingerprint density at radius 3 is 2.43 bits per heavy atom. The number of benzene rings is 1. The SMILES string of the molecule is CCCCOC(=O)N1CCN(C(=O)CNC(=O)c2cc(OCC(=O)N3CCC[C@H]3C(=O)NCC3CC3)c3ccc(C)cc3n2)CC1. The molecule has 3 heterocycles. The standard InChI is InChI=1S/C33H44N6O7/c1-3-4-16-45-33(44)38-14-12-37(13-15-38)29(40)20-35-31(42)26-18-28(24-10-7-22(2)17-25(24)36-26)46-21-30(41)39-11-5-6-27(39)32(43)34-19-23-8-9-23/h7,10,17-18,23,27H,3-6,8-9,11-16,19-21H2,1-2H3,(H,34,43)(H,35,42)/t27-/m0/s1. The van der Waals surface area contributed by atoms with Crippen LogP contribution >= 0.6 is 0 Å². The molecule has 2 saturated heterocycles. The quantitative estimate of drug-likeness (QED) is 0.337. The van der Waals surface area contributed by atoms with Crippen molar-refractivity contribution in [3.63, 3.8) is 0 Å². The van der Waals surface area contributed by atoms with Gasteiger partial charge in [0, 0.05) is 50.7 Å². The van der Waals surface area contributed by atoms with E-state index in [1.165, 1.54) is 6.07 Å². The minimum atomic E-state index is -0.557. The minimum absolute atomic E-state index is 0.0477. The van der Waals surface area contributed by atoms with Gasteiger partial charge in [-0.2, -0.15) is 0 Å². The number of aromatic nitrogens is 1. The molecule has 1 saturated carbocycles. The Balaban J connectivity index is 1.17. The van der Waals surface area contributed by atoms with Gasteiger partial charge in [-0.25, -0.2) is 9.78 Å². The maximum absolute atomic E-state index is 13.2. The third-order valence-electron chi connectivity index (χ3n) is 8.66. The molecule has 5 amide bonds. The van der Waals surface area contributed by atoms with E-state index in [1.807, 2.05) is 32.0 Å². The molecule has 248 valence electrons. The Labute approximate surface area is 268 Å². The highest BCUT2D eigenvalue weighted by atomic mass is 16.6. The Kier molecular flexibility index (Phi) is 10.9. The Bertz CT molecular complexity index is 1450. The molecular formula is C33H44N6O7. The van der Waals surface area contributed by atoms with Crippen LogP contribution in [0.5, 0.6) is 5.75 Å². The average molecular weight is 637 g/mol. The van der Waals surface area contributed by atoms with Gasteiger partial charge < -0.3 is 34.8 Å². The number of hydrogen-bond acceptors (Lipinski definition) is 8. The molecule has 1 atom stereocenters. The lowest BCUT2D eigenvalue weighted by Gasteiger charge is -2.34. The van der Waals surface area contributed by atoms with Gasteiger partial charge >= 0.3 is 6.09 Å². The van der Waals surface area contributed by atoms with Gasteiger partial charge in [0.2, 0.25) is 11.8 Å². The summed E-state index contributed by atoms with van der Waals surface area (Å²) in [4.78, 5) is 73.4. The molecule has 3 aliphatic rings. The molecule has 46 heavy (non-hydrogen) atoms. The molecule has 0 spiro atoms. The minimum Gasteiger partial charge on any atom is -0.483 e. The van der Waals surface area contributed by atoms with E-state index in [-0.39, 0.29) is 42.7 Å². The van der Waals surface area contributed by atoms with Crippen molar-refractivity contribution in [2.75, 3.05) is 59.0 Å². The summed E-state index contributed by atoms with van der Waals surface area (Å²) in [5.41, 5.74) is 1.49. The fourth-order valence-corrected chi connectivity index (χ4v) is 5.68. The van der Waals surface area contributed by atoms with Gasteiger partial charge in [-0.3, -0.25) is 19.2 Å². The van der Waals surface area contributed by atoms with Gasteiger partial charge in [-0.05, 0) is 62.6 Å². The smallest absolute Gasteiger partial charge is 0.409 e. The molecule has 3 fully saturated rings. The van der Waals surface area contributed by atoms with E-state index in [9.17, 15) is 24.0 Å². The first-order valence-corrected chi connectivity index (χ1v) is 16.3. The van der Waals surface area contributed by atoms with Gasteiger partial charge in [0.05, 0.1) is 18.7 Å². The number of amides is 5. The third kappa shape index (κ3) is 8.43. The molecule has 2 aliphatic heterocycles. The van der Waals surface area contributed by atoms with Crippen LogP contribution in [0.15, 0.2) is 24.3 Å². The number of hydrogen-bond donors (Lipinski definition) is 2. The van der Waals surface area contributed by atoms with E-state index >= 15 is 0 Å². The van der Waals surface area contributed by atoms with Gasteiger partial charge in [0.1, 0.15) is 17.5 Å². The number of piperazine rings is 1. The second-order valence-corrected chi connectivity index (χ2v) is 12.3. The first-order valence-electron chi connectivity index (χ1n) is 16.3. The van der Waals surface area contributed by atoms with Crippen molar-refractivity contribution in [1.29, 1.82) is 0 Å². The van der Waals surface area contributed by atoms with Crippen LogP contribution in [0.1, 0.15) is 61.5 Å². The zero-order valence-electron chi connectivity index (χ0n) is 26.7. The lowest BCUT2D eigenvalue weighted by molar-refractivity contribution is -0.139. The molecule has 2 aromatic rings. The highest BCUT2D eigenvalue weighted by Gasteiger charge is 2.35. The van der Waals surface area contributed by atoms with Crippen LogP contribution in [-0.4, -0.2) is 114 Å². The maximum atomic E-state index is 13.2. The summed E-state index contributed by atoms with van der Waals surface area (Å²) in [6.45, 7) is 6.32. The van der Waals surface area contributed by atoms with E-state index in [1.54, 1.807) is 14.7 Å². The van der Waals surface area contributed by atoms with Crippen molar-refractivity contribution in [3.8, 4) is 5.75 Å². The van der Waals surface area contributed by atoms with E-state index in [0.717, 1.165) is 37.7 Å². The molecule has 0 bridgehead atoms. The number of aryl methyl sites for hydroxylation is 1. The van der Waals surface area contributed by atoms with E-state index in [2.05, 4.69) is 15.6 Å². The van der Waals surface area contributed by atoms with Crippen LogP contribution in [0.4, 0.5) is 4.79 Å². The average Bonchev–Trinajstić information content (AvgIpc) is 3.77. The number of carbonyl (C=O) groups excluding carboxylic acids is 5. The highest BCUT2D eigenvalue weighted by Crippen LogP contribution is 2.29. The van der Waals surface area contributed by atoms with Gasteiger partial charge in [-0.1, -0.05) is 19.4 Å². The third-order valence-corrected chi connectivity index (χ3v) is 8.66. The Morgan fingerprint density at radius 2 is 1.70 bits per heavy atom. The number of fused-ring (bicyclic) bond motifs is 1. The number of ether oxygens (including phenoxy) is 2. The zero-order chi connectivity index (χ0) is 32.6. The van der Waals surface area contributed by atoms with Crippen LogP contribution in [0.2, 0.25) is 0 Å². The predicted octanol–water partition coefficient (Wildman–Crippen LogP) is 2.25. The fourth-order valence-electron chi connectivity index (χ4n) is 5.68. The normalized spacial score (nSPS) is 18.0. The van der Waals surface area contributed by atoms with Crippen molar-refractivity contribution in [2.24, 2.45) is 5.92 Å². The molecule has 13 heteroatoms. The maximum Gasteiger partial charge on any atom is 0.409 e. The molecule has 1 aliphatic carbocycles. The van der Waals surface area contributed by atoms with E-state index < -0.39 is 11.9 Å². The van der Waals surface area contributed by atoms with Crippen molar-refractivity contribution in [3.05, 3.63) is 35.5 Å². The predicted molar refractivity (Wildman–Crippen MR) is 169 cm³/mol. The van der Waals surface area contributed by atoms with Crippen LogP contribution < -0.4 is 15.4 Å². The van der Waals surface area contributed by atoms with Crippen LogP contribution in [0, 0.1) is 12.8 Å². The van der Waals surface area contributed by atoms with E-state index in [0.29, 0.717) is 74.9 Å². The van der Waals surface area contributed by atoms with Gasteiger partial charge in [0.15, 0.2) is 6.61 Å². The molecular weight excluding hydrogens is 592 g/mol. The zero-order valence-corrected chi connectivity index (χ0v) is 26.7. The largest absolute Gasteiger partial charge is 0.483 e. The molecule has 0 unspecified atom stereocenters. The monoisotopic (exact) mass is 636 g/mol. The van der Waals surface area contributed by atoms with Crippen molar-refractivity contribution < 1.29 is 33.4 Å².